The molecule has 0 amide bonds. The largest absolute Gasteiger partial charge is 0.363 e. The molecule has 1 rings (SSSR count). The Hall–Kier alpha value is 0.540. The molecular weight excluding hydrogens is 338 g/mol. The highest BCUT2D eigenvalue weighted by atomic mass is 127. The first-order valence-corrected chi connectivity index (χ1v) is 7.45. The predicted octanol–water partition coefficient (Wildman–Crippen LogP) is 2.31. The monoisotopic (exact) mass is 348 g/mol. The summed E-state index contributed by atoms with van der Waals surface area (Å²) in [6, 6.07) is 2.02. The molecule has 0 unspecified atom stereocenters. The highest BCUT2D eigenvalue weighted by Gasteiger charge is 2.13. The fourth-order valence-corrected chi connectivity index (χ4v) is 3.31. The van der Waals surface area contributed by atoms with E-state index in [1.54, 1.807) is 11.3 Å². The van der Waals surface area contributed by atoms with Crippen molar-refractivity contribution in [2.24, 2.45) is 0 Å². The van der Waals surface area contributed by atoms with Crippen LogP contribution in [-0.4, -0.2) is 16.1 Å². The summed E-state index contributed by atoms with van der Waals surface area (Å²) < 4.78 is 16.6. The van der Waals surface area contributed by atoms with E-state index in [4.69, 9.17) is 14.5 Å². The van der Waals surface area contributed by atoms with Crippen LogP contribution in [0.2, 0.25) is 0 Å². The van der Waals surface area contributed by atoms with Crippen LogP contribution in [0.15, 0.2) is 6.07 Å². The van der Waals surface area contributed by atoms with Gasteiger partial charge in [-0.25, -0.2) is 0 Å². The van der Waals surface area contributed by atoms with Gasteiger partial charge in [0, 0.05) is 4.88 Å². The van der Waals surface area contributed by atoms with E-state index in [0.717, 1.165) is 13.3 Å². The zero-order valence-corrected chi connectivity index (χ0v) is 11.3. The number of hydrogen-bond donors (Lipinski definition) is 2. The average molecular weight is 348 g/mol. The van der Waals surface area contributed by atoms with Gasteiger partial charge in [0.15, 0.2) is 0 Å². The molecule has 0 fully saturated rings. The molecule has 0 radical (unpaired) electrons. The van der Waals surface area contributed by atoms with Gasteiger partial charge in [0.05, 0.1) is 9.49 Å². The quantitative estimate of drug-likeness (QED) is 0.647. The topological polar surface area (TPSA) is 66.8 Å². The fraction of sp³-hybridized carbons (Fsp3) is 0.429. The van der Waals surface area contributed by atoms with Crippen molar-refractivity contribution in [2.45, 2.75) is 13.5 Å². The third-order valence-corrected chi connectivity index (χ3v) is 3.97. The number of ether oxygens (including phenoxy) is 1. The fourth-order valence-electron chi connectivity index (χ4n) is 0.879. The van der Waals surface area contributed by atoms with Crippen LogP contribution in [0.5, 0.6) is 0 Å². The van der Waals surface area contributed by atoms with Gasteiger partial charge < -0.3 is 14.5 Å². The van der Waals surface area contributed by atoms with Crippen LogP contribution in [0.25, 0.3) is 0 Å². The lowest BCUT2D eigenvalue weighted by Gasteiger charge is -2.04. The molecule has 0 saturated carbocycles. The number of halogens is 1. The van der Waals surface area contributed by atoms with Crippen molar-refractivity contribution in [1.82, 2.24) is 0 Å². The van der Waals surface area contributed by atoms with Gasteiger partial charge in [-0.05, 0) is 41.1 Å². The first kappa shape index (κ1) is 12.6. The van der Waals surface area contributed by atoms with Crippen molar-refractivity contribution in [1.29, 1.82) is 0 Å². The number of thiophene rings is 1. The lowest BCUT2D eigenvalue weighted by molar-refractivity contribution is 0.146. The Morgan fingerprint density at radius 2 is 2.29 bits per heavy atom. The van der Waals surface area contributed by atoms with Crippen molar-refractivity contribution < 1.29 is 19.1 Å². The van der Waals surface area contributed by atoms with Crippen molar-refractivity contribution >= 4 is 41.5 Å². The smallest absolute Gasteiger partial charge is 0.350 e. The van der Waals surface area contributed by atoms with E-state index < -0.39 is 13.9 Å². The van der Waals surface area contributed by atoms with Crippen LogP contribution in [-0.2, 0) is 15.9 Å². The molecule has 0 atom stereocenters. The van der Waals surface area contributed by atoms with Crippen LogP contribution in [0, 0.1) is 9.81 Å². The van der Waals surface area contributed by atoms with Gasteiger partial charge in [0.2, 0.25) is 0 Å². The summed E-state index contributed by atoms with van der Waals surface area (Å²) >= 11 is 3.78. The minimum absolute atomic E-state index is 0.268. The minimum atomic E-state index is -4.03. The average Bonchev–Trinajstić information content (AvgIpc) is 2.27. The Bertz CT molecular complexity index is 359. The van der Waals surface area contributed by atoms with Gasteiger partial charge in [0.25, 0.3) is 0 Å². The van der Waals surface area contributed by atoms with Crippen molar-refractivity contribution in [3.05, 3.63) is 19.4 Å². The second kappa shape index (κ2) is 5.05. The molecule has 1 heterocycles. The maximum absolute atomic E-state index is 10.5. The van der Waals surface area contributed by atoms with E-state index in [0.29, 0.717) is 0 Å². The van der Waals surface area contributed by atoms with E-state index in [1.165, 1.54) is 0 Å². The molecule has 14 heavy (non-hydrogen) atoms. The third-order valence-electron chi connectivity index (χ3n) is 1.48. The molecule has 7 heteroatoms. The predicted molar refractivity (Wildman–Crippen MR) is 63.5 cm³/mol. The van der Waals surface area contributed by atoms with Gasteiger partial charge in [0.1, 0.15) is 6.35 Å². The summed E-state index contributed by atoms with van der Waals surface area (Å²) in [5, 5.41) is 0. The standard InChI is InChI=1S/C7H10IO4PS/c1-5-2-7(8)14-6(5)3-12-4-13(9,10)11/h2H,3-4H2,1H3,(H2,9,10,11). The van der Waals surface area contributed by atoms with Crippen LogP contribution < -0.4 is 0 Å². The Morgan fingerprint density at radius 1 is 1.64 bits per heavy atom. The summed E-state index contributed by atoms with van der Waals surface area (Å²) in [7, 11) is -4.03. The highest BCUT2D eigenvalue weighted by Crippen LogP contribution is 2.34. The first-order chi connectivity index (χ1) is 6.38. The Labute approximate surface area is 99.6 Å². The van der Waals surface area contributed by atoms with E-state index in [2.05, 4.69) is 22.6 Å². The molecule has 0 aromatic carbocycles. The minimum Gasteiger partial charge on any atom is -0.363 e. The molecule has 0 saturated heterocycles. The van der Waals surface area contributed by atoms with Crippen molar-refractivity contribution in [2.75, 3.05) is 6.35 Å². The molecule has 0 aliphatic rings. The zero-order chi connectivity index (χ0) is 10.8. The van der Waals surface area contributed by atoms with Crippen LogP contribution in [0.1, 0.15) is 10.4 Å². The summed E-state index contributed by atoms with van der Waals surface area (Å²) in [4.78, 5) is 18.1. The van der Waals surface area contributed by atoms with Crippen molar-refractivity contribution in [3.63, 3.8) is 0 Å². The molecule has 0 aliphatic carbocycles. The normalized spacial score (nSPS) is 12.0. The molecule has 2 N–H and O–H groups in total. The molecule has 0 aliphatic heterocycles. The first-order valence-electron chi connectivity index (χ1n) is 3.75. The Morgan fingerprint density at radius 3 is 2.71 bits per heavy atom. The number of aryl methyl sites for hydroxylation is 1. The van der Waals surface area contributed by atoms with Gasteiger partial charge in [-0.1, -0.05) is 0 Å². The lowest BCUT2D eigenvalue weighted by Crippen LogP contribution is -1.95. The summed E-state index contributed by atoms with van der Waals surface area (Å²) in [5.41, 5.74) is 1.10. The molecule has 1 aromatic heterocycles. The highest BCUT2D eigenvalue weighted by molar-refractivity contribution is 14.1. The second-order valence-corrected chi connectivity index (χ2v) is 7.42. The molecule has 4 nitrogen and oxygen atoms in total. The Balaban J connectivity index is 2.46. The van der Waals surface area contributed by atoms with E-state index in [1.807, 2.05) is 13.0 Å². The lowest BCUT2D eigenvalue weighted by atomic mass is 10.3. The second-order valence-electron chi connectivity index (χ2n) is 2.80. The van der Waals surface area contributed by atoms with Crippen LogP contribution in [0.3, 0.4) is 0 Å². The van der Waals surface area contributed by atoms with E-state index >= 15 is 0 Å². The maximum Gasteiger partial charge on any atom is 0.350 e. The van der Waals surface area contributed by atoms with Crippen molar-refractivity contribution in [3.8, 4) is 0 Å². The van der Waals surface area contributed by atoms with Crippen LogP contribution in [0.4, 0.5) is 0 Å². The third kappa shape index (κ3) is 4.37. The Kier molecular flexibility index (Phi) is 4.55. The van der Waals surface area contributed by atoms with Gasteiger partial charge in [-0.3, -0.25) is 4.57 Å². The van der Waals surface area contributed by atoms with Gasteiger partial charge in [-0.15, -0.1) is 11.3 Å². The molecule has 0 bridgehead atoms. The summed E-state index contributed by atoms with van der Waals surface area (Å²) in [6.45, 7) is 2.22. The molecule has 1 aromatic rings. The van der Waals surface area contributed by atoms with Gasteiger partial charge in [-0.2, -0.15) is 0 Å². The SMILES string of the molecule is Cc1cc(I)sc1COCP(=O)(O)O. The van der Waals surface area contributed by atoms with Gasteiger partial charge >= 0.3 is 7.60 Å². The zero-order valence-electron chi connectivity index (χ0n) is 7.44. The maximum atomic E-state index is 10.5. The molecule has 0 spiro atoms. The van der Waals surface area contributed by atoms with Crippen LogP contribution >= 0.6 is 41.5 Å². The van der Waals surface area contributed by atoms with E-state index in [9.17, 15) is 4.57 Å². The van der Waals surface area contributed by atoms with E-state index in [-0.39, 0.29) is 6.61 Å². The number of rotatable bonds is 4. The summed E-state index contributed by atoms with van der Waals surface area (Å²) in [5.74, 6) is 0. The molecular formula is C7H10IO4PS. The molecule has 80 valence electrons. The number of hydrogen-bond acceptors (Lipinski definition) is 3. The summed E-state index contributed by atoms with van der Waals surface area (Å²) in [6.07, 6.45) is -0.513.